The Kier molecular flexibility index (Phi) is 5.34. The minimum atomic E-state index is -0.257. The van der Waals surface area contributed by atoms with Crippen molar-refractivity contribution in [3.8, 4) is 0 Å². The predicted molar refractivity (Wildman–Crippen MR) is 111 cm³/mol. The maximum atomic E-state index is 12.7. The van der Waals surface area contributed by atoms with Gasteiger partial charge in [-0.15, -0.1) is 11.3 Å². The number of nitrogens with one attached hydrogen (secondary N) is 1. The van der Waals surface area contributed by atoms with E-state index >= 15 is 0 Å². The fourth-order valence-corrected chi connectivity index (χ4v) is 5.00. The molecule has 0 radical (unpaired) electrons. The fourth-order valence-electron chi connectivity index (χ4n) is 2.81. The SMILES string of the molecule is Cc1ccc(NC(=O)[C@@H](C)Sc2nc(C)nc3sc(C)c(C)c23)c(C)c1. The van der Waals surface area contributed by atoms with Crippen molar-refractivity contribution in [3.63, 3.8) is 0 Å². The molecular formula is C20H23N3OS2. The molecule has 0 spiro atoms. The number of nitrogens with zero attached hydrogens (tertiary/aromatic N) is 2. The van der Waals surface area contributed by atoms with E-state index in [2.05, 4.69) is 35.2 Å². The minimum Gasteiger partial charge on any atom is -0.325 e. The molecule has 1 amide bonds. The van der Waals surface area contributed by atoms with Crippen molar-refractivity contribution in [2.75, 3.05) is 5.32 Å². The first-order valence-electron chi connectivity index (χ1n) is 8.55. The van der Waals surface area contributed by atoms with Gasteiger partial charge in [0, 0.05) is 16.0 Å². The highest BCUT2D eigenvalue weighted by molar-refractivity contribution is 8.00. The highest BCUT2D eigenvalue weighted by atomic mass is 32.2. The average Bonchev–Trinajstić information content (AvgIpc) is 2.84. The third kappa shape index (κ3) is 3.76. The van der Waals surface area contributed by atoms with Crippen LogP contribution >= 0.6 is 23.1 Å². The molecule has 4 nitrogen and oxygen atoms in total. The first kappa shape index (κ1) is 18.9. The molecule has 1 atom stereocenters. The molecular weight excluding hydrogens is 362 g/mol. The van der Waals surface area contributed by atoms with Crippen molar-refractivity contribution < 1.29 is 4.79 Å². The van der Waals surface area contributed by atoms with E-state index in [1.54, 1.807) is 11.3 Å². The van der Waals surface area contributed by atoms with Gasteiger partial charge in [-0.1, -0.05) is 29.5 Å². The summed E-state index contributed by atoms with van der Waals surface area (Å²) in [6, 6.07) is 6.04. The van der Waals surface area contributed by atoms with Gasteiger partial charge in [-0.2, -0.15) is 0 Å². The largest absolute Gasteiger partial charge is 0.325 e. The van der Waals surface area contributed by atoms with E-state index in [4.69, 9.17) is 0 Å². The second kappa shape index (κ2) is 7.37. The summed E-state index contributed by atoms with van der Waals surface area (Å²) in [6.45, 7) is 12.1. The Balaban J connectivity index is 1.84. The summed E-state index contributed by atoms with van der Waals surface area (Å²) in [4.78, 5) is 24.1. The van der Waals surface area contributed by atoms with Crippen LogP contribution in [0.2, 0.25) is 0 Å². The molecule has 0 aliphatic rings. The Labute approximate surface area is 162 Å². The van der Waals surface area contributed by atoms with E-state index in [-0.39, 0.29) is 11.2 Å². The Morgan fingerprint density at radius 2 is 1.88 bits per heavy atom. The molecule has 0 bridgehead atoms. The molecule has 136 valence electrons. The standard InChI is InChI=1S/C20H23N3OS2/c1-10-7-8-16(11(2)9-10)23-18(24)14(5)26-20-17-12(3)13(4)25-19(17)21-15(6)22-20/h7-9,14H,1-6H3,(H,23,24)/t14-/m1/s1. The molecule has 1 N–H and O–H groups in total. The highest BCUT2D eigenvalue weighted by Crippen LogP contribution is 2.36. The molecule has 0 fully saturated rings. The lowest BCUT2D eigenvalue weighted by molar-refractivity contribution is -0.115. The van der Waals surface area contributed by atoms with E-state index in [1.807, 2.05) is 39.8 Å². The van der Waals surface area contributed by atoms with Crippen LogP contribution in [0.1, 0.15) is 34.3 Å². The van der Waals surface area contributed by atoms with Gasteiger partial charge in [-0.05, 0) is 58.7 Å². The number of thioether (sulfide) groups is 1. The van der Waals surface area contributed by atoms with Crippen molar-refractivity contribution in [2.24, 2.45) is 0 Å². The highest BCUT2D eigenvalue weighted by Gasteiger charge is 2.20. The van der Waals surface area contributed by atoms with Gasteiger partial charge < -0.3 is 5.32 Å². The maximum Gasteiger partial charge on any atom is 0.237 e. The number of benzene rings is 1. The second-order valence-electron chi connectivity index (χ2n) is 6.61. The summed E-state index contributed by atoms with van der Waals surface area (Å²) >= 11 is 3.18. The van der Waals surface area contributed by atoms with Crippen molar-refractivity contribution in [3.05, 3.63) is 45.6 Å². The minimum absolute atomic E-state index is 0.0176. The third-order valence-electron chi connectivity index (χ3n) is 4.40. The van der Waals surface area contributed by atoms with Crippen LogP contribution in [0.4, 0.5) is 5.69 Å². The summed E-state index contributed by atoms with van der Waals surface area (Å²) in [6.07, 6.45) is 0. The van der Waals surface area contributed by atoms with Gasteiger partial charge in [0.25, 0.3) is 0 Å². The normalized spacial score (nSPS) is 12.4. The number of aromatic nitrogens is 2. The fraction of sp³-hybridized carbons (Fsp3) is 0.350. The smallest absolute Gasteiger partial charge is 0.237 e. The van der Waals surface area contributed by atoms with Crippen LogP contribution in [-0.4, -0.2) is 21.1 Å². The lowest BCUT2D eigenvalue weighted by Gasteiger charge is -2.14. The van der Waals surface area contributed by atoms with E-state index in [0.717, 1.165) is 32.3 Å². The lowest BCUT2D eigenvalue weighted by atomic mass is 10.1. The topological polar surface area (TPSA) is 54.9 Å². The number of amides is 1. The monoisotopic (exact) mass is 385 g/mol. The Bertz CT molecular complexity index is 994. The Morgan fingerprint density at radius 1 is 1.15 bits per heavy atom. The number of carbonyl (C=O) groups is 1. The van der Waals surface area contributed by atoms with Gasteiger partial charge in [-0.3, -0.25) is 4.79 Å². The summed E-state index contributed by atoms with van der Waals surface area (Å²) in [5.74, 6) is 0.721. The number of anilines is 1. The summed E-state index contributed by atoms with van der Waals surface area (Å²) in [5.41, 5.74) is 4.32. The summed E-state index contributed by atoms with van der Waals surface area (Å²) in [7, 11) is 0. The molecule has 6 heteroatoms. The van der Waals surface area contributed by atoms with Gasteiger partial charge in [0.05, 0.1) is 5.25 Å². The van der Waals surface area contributed by atoms with Crippen LogP contribution in [-0.2, 0) is 4.79 Å². The molecule has 26 heavy (non-hydrogen) atoms. The van der Waals surface area contributed by atoms with Gasteiger partial charge >= 0.3 is 0 Å². The molecule has 0 saturated carbocycles. The van der Waals surface area contributed by atoms with Crippen LogP contribution in [0.25, 0.3) is 10.2 Å². The number of fused-ring (bicyclic) bond motifs is 1. The molecule has 2 aromatic heterocycles. The van der Waals surface area contributed by atoms with Crippen molar-refractivity contribution in [1.29, 1.82) is 0 Å². The first-order chi connectivity index (χ1) is 12.3. The number of thiophene rings is 1. The van der Waals surface area contributed by atoms with Gasteiger partial charge in [0.2, 0.25) is 5.91 Å². The summed E-state index contributed by atoms with van der Waals surface area (Å²) in [5, 5.41) is 4.75. The van der Waals surface area contributed by atoms with E-state index in [0.29, 0.717) is 0 Å². The Hall–Kier alpha value is -1.92. The van der Waals surface area contributed by atoms with Crippen LogP contribution in [0.15, 0.2) is 23.2 Å². The Morgan fingerprint density at radius 3 is 2.58 bits per heavy atom. The molecule has 0 aliphatic heterocycles. The first-order valence-corrected chi connectivity index (χ1v) is 10.2. The molecule has 0 unspecified atom stereocenters. The summed E-state index contributed by atoms with van der Waals surface area (Å²) < 4.78 is 0. The van der Waals surface area contributed by atoms with Gasteiger partial charge in [-0.25, -0.2) is 9.97 Å². The molecule has 0 aliphatic carbocycles. The van der Waals surface area contributed by atoms with Crippen LogP contribution in [0, 0.1) is 34.6 Å². The second-order valence-corrected chi connectivity index (χ2v) is 9.14. The van der Waals surface area contributed by atoms with E-state index in [9.17, 15) is 4.79 Å². The van der Waals surface area contributed by atoms with Gasteiger partial charge in [0.15, 0.2) is 0 Å². The molecule has 1 aromatic carbocycles. The van der Waals surface area contributed by atoms with Gasteiger partial charge in [0.1, 0.15) is 15.7 Å². The molecule has 2 heterocycles. The van der Waals surface area contributed by atoms with Crippen molar-refractivity contribution in [2.45, 2.75) is 51.8 Å². The number of rotatable bonds is 4. The predicted octanol–water partition coefficient (Wildman–Crippen LogP) is 5.35. The van der Waals surface area contributed by atoms with Crippen LogP contribution < -0.4 is 5.32 Å². The van der Waals surface area contributed by atoms with Crippen molar-refractivity contribution >= 4 is 44.9 Å². The number of aryl methyl sites for hydroxylation is 5. The number of hydrogen-bond acceptors (Lipinski definition) is 5. The van der Waals surface area contributed by atoms with E-state index in [1.165, 1.54) is 27.8 Å². The number of carbonyl (C=O) groups excluding carboxylic acids is 1. The quantitative estimate of drug-likeness (QED) is 0.486. The zero-order chi connectivity index (χ0) is 19.0. The molecule has 3 aromatic rings. The third-order valence-corrected chi connectivity index (χ3v) is 6.59. The van der Waals surface area contributed by atoms with Crippen molar-refractivity contribution in [1.82, 2.24) is 9.97 Å². The van der Waals surface area contributed by atoms with Crippen LogP contribution in [0.3, 0.4) is 0 Å². The van der Waals surface area contributed by atoms with E-state index < -0.39 is 0 Å². The maximum absolute atomic E-state index is 12.7. The zero-order valence-electron chi connectivity index (χ0n) is 15.9. The van der Waals surface area contributed by atoms with Crippen LogP contribution in [0.5, 0.6) is 0 Å². The lowest BCUT2D eigenvalue weighted by Crippen LogP contribution is -2.23. The molecule has 3 rings (SSSR count). The average molecular weight is 386 g/mol. The number of hydrogen-bond donors (Lipinski definition) is 1. The zero-order valence-corrected chi connectivity index (χ0v) is 17.6. The molecule has 0 saturated heterocycles.